The molecule has 2 rings (SSSR count). The zero-order valence-electron chi connectivity index (χ0n) is 16.9. The van der Waals surface area contributed by atoms with Gasteiger partial charge in [0.1, 0.15) is 0 Å². The van der Waals surface area contributed by atoms with Crippen molar-refractivity contribution in [1.29, 1.82) is 0 Å². The molecule has 0 aliphatic carbocycles. The first-order chi connectivity index (χ1) is 13.8. The second-order valence-corrected chi connectivity index (χ2v) is 6.37. The van der Waals surface area contributed by atoms with Gasteiger partial charge in [-0.1, -0.05) is 42.5 Å². The van der Waals surface area contributed by atoms with Gasteiger partial charge in [-0.15, -0.1) is 24.0 Å². The van der Waals surface area contributed by atoms with Crippen molar-refractivity contribution in [2.75, 3.05) is 20.1 Å². The van der Waals surface area contributed by atoms with E-state index in [4.69, 9.17) is 0 Å². The third-order valence-corrected chi connectivity index (χ3v) is 4.30. The fourth-order valence-corrected chi connectivity index (χ4v) is 2.72. The van der Waals surface area contributed by atoms with Crippen LogP contribution in [0.4, 0.5) is 13.2 Å². The van der Waals surface area contributed by atoms with Gasteiger partial charge in [-0.05, 0) is 30.2 Å². The SMILES string of the molecule is CCN(Cc1ccccc1)C(=O)CNC(=NC)NCc1cccc(C(F)(F)F)c1.I. The van der Waals surface area contributed by atoms with E-state index in [0.29, 0.717) is 24.6 Å². The summed E-state index contributed by atoms with van der Waals surface area (Å²) in [4.78, 5) is 18.2. The number of carbonyl (C=O) groups excluding carboxylic acids is 1. The van der Waals surface area contributed by atoms with Crippen molar-refractivity contribution in [2.45, 2.75) is 26.2 Å². The molecule has 0 atom stereocenters. The van der Waals surface area contributed by atoms with E-state index in [1.807, 2.05) is 37.3 Å². The molecule has 0 aliphatic heterocycles. The predicted molar refractivity (Wildman–Crippen MR) is 123 cm³/mol. The molecule has 30 heavy (non-hydrogen) atoms. The maximum Gasteiger partial charge on any atom is 0.416 e. The Kier molecular flexibility index (Phi) is 10.6. The number of nitrogens with one attached hydrogen (secondary N) is 2. The highest BCUT2D eigenvalue weighted by Crippen LogP contribution is 2.29. The van der Waals surface area contributed by atoms with Crippen LogP contribution in [0.5, 0.6) is 0 Å². The van der Waals surface area contributed by atoms with E-state index < -0.39 is 11.7 Å². The van der Waals surface area contributed by atoms with Gasteiger partial charge in [-0.3, -0.25) is 9.79 Å². The highest BCUT2D eigenvalue weighted by molar-refractivity contribution is 14.0. The highest BCUT2D eigenvalue weighted by atomic mass is 127. The van der Waals surface area contributed by atoms with Crippen LogP contribution in [0.3, 0.4) is 0 Å². The third-order valence-electron chi connectivity index (χ3n) is 4.30. The molecular formula is C21H26F3IN4O. The first-order valence-electron chi connectivity index (χ1n) is 9.25. The summed E-state index contributed by atoms with van der Waals surface area (Å²) in [5.74, 6) is 0.241. The smallest absolute Gasteiger partial charge is 0.352 e. The molecule has 0 aliphatic rings. The van der Waals surface area contributed by atoms with Gasteiger partial charge in [-0.25, -0.2) is 0 Å². The third kappa shape index (κ3) is 8.21. The molecular weight excluding hydrogens is 508 g/mol. The van der Waals surface area contributed by atoms with Crippen LogP contribution in [-0.2, 0) is 24.1 Å². The molecule has 2 aromatic carbocycles. The number of alkyl halides is 3. The Hall–Kier alpha value is -2.30. The number of amides is 1. The van der Waals surface area contributed by atoms with E-state index in [2.05, 4.69) is 15.6 Å². The summed E-state index contributed by atoms with van der Waals surface area (Å²) in [5, 5.41) is 5.84. The number of aliphatic imine (C=N–C) groups is 1. The summed E-state index contributed by atoms with van der Waals surface area (Å²) >= 11 is 0. The van der Waals surface area contributed by atoms with Gasteiger partial charge in [0.05, 0.1) is 12.1 Å². The molecule has 0 radical (unpaired) electrons. The van der Waals surface area contributed by atoms with E-state index in [9.17, 15) is 18.0 Å². The van der Waals surface area contributed by atoms with Crippen LogP contribution in [0.25, 0.3) is 0 Å². The topological polar surface area (TPSA) is 56.7 Å². The molecule has 0 saturated heterocycles. The fraction of sp³-hybridized carbons (Fsp3) is 0.333. The summed E-state index contributed by atoms with van der Waals surface area (Å²) < 4.78 is 38.4. The number of rotatable bonds is 7. The molecule has 0 heterocycles. The molecule has 0 fully saturated rings. The van der Waals surface area contributed by atoms with Gasteiger partial charge < -0.3 is 15.5 Å². The Morgan fingerprint density at radius 1 is 1.03 bits per heavy atom. The Bertz CT molecular complexity index is 829. The number of hydrogen-bond donors (Lipinski definition) is 2. The van der Waals surface area contributed by atoms with Crippen molar-refractivity contribution >= 4 is 35.8 Å². The lowest BCUT2D eigenvalue weighted by atomic mass is 10.1. The zero-order chi connectivity index (χ0) is 21.3. The molecule has 5 nitrogen and oxygen atoms in total. The second kappa shape index (κ2) is 12.4. The van der Waals surface area contributed by atoms with Gasteiger partial charge in [0.2, 0.25) is 5.91 Å². The number of guanidine groups is 1. The van der Waals surface area contributed by atoms with E-state index in [1.165, 1.54) is 13.1 Å². The highest BCUT2D eigenvalue weighted by Gasteiger charge is 2.30. The van der Waals surface area contributed by atoms with Crippen LogP contribution in [0.2, 0.25) is 0 Å². The number of hydrogen-bond acceptors (Lipinski definition) is 2. The molecule has 0 spiro atoms. The molecule has 0 unspecified atom stereocenters. The van der Waals surface area contributed by atoms with Gasteiger partial charge in [0.15, 0.2) is 5.96 Å². The van der Waals surface area contributed by atoms with Crippen molar-refractivity contribution in [3.05, 3.63) is 71.3 Å². The van der Waals surface area contributed by atoms with Crippen molar-refractivity contribution in [2.24, 2.45) is 4.99 Å². The summed E-state index contributed by atoms with van der Waals surface area (Å²) in [6, 6.07) is 14.8. The van der Waals surface area contributed by atoms with Crippen LogP contribution in [0.1, 0.15) is 23.6 Å². The molecule has 0 bridgehead atoms. The normalized spacial score (nSPS) is 11.4. The summed E-state index contributed by atoms with van der Waals surface area (Å²) in [6.07, 6.45) is -4.38. The number of likely N-dealkylation sites (N-methyl/N-ethyl adjacent to an activating group) is 1. The lowest BCUT2D eigenvalue weighted by Crippen LogP contribution is -2.44. The van der Waals surface area contributed by atoms with Gasteiger partial charge in [-0.2, -0.15) is 13.2 Å². The molecule has 164 valence electrons. The molecule has 1 amide bonds. The van der Waals surface area contributed by atoms with E-state index in [0.717, 1.165) is 17.7 Å². The van der Waals surface area contributed by atoms with Crippen LogP contribution in [0, 0.1) is 0 Å². The Balaban J connectivity index is 0.00000450. The average molecular weight is 534 g/mol. The monoisotopic (exact) mass is 534 g/mol. The number of nitrogens with zero attached hydrogens (tertiary/aromatic N) is 2. The van der Waals surface area contributed by atoms with Gasteiger partial charge in [0.25, 0.3) is 0 Å². The largest absolute Gasteiger partial charge is 0.416 e. The van der Waals surface area contributed by atoms with Crippen molar-refractivity contribution in [1.82, 2.24) is 15.5 Å². The van der Waals surface area contributed by atoms with Crippen molar-refractivity contribution in [3.63, 3.8) is 0 Å². The fourth-order valence-electron chi connectivity index (χ4n) is 2.72. The van der Waals surface area contributed by atoms with Crippen molar-refractivity contribution in [3.8, 4) is 0 Å². The van der Waals surface area contributed by atoms with Gasteiger partial charge in [0, 0.05) is 26.7 Å². The number of halogens is 4. The number of benzene rings is 2. The number of carbonyl (C=O) groups is 1. The minimum atomic E-state index is -4.38. The molecule has 0 aromatic heterocycles. The van der Waals surface area contributed by atoms with Crippen LogP contribution >= 0.6 is 24.0 Å². The quantitative estimate of drug-likeness (QED) is 0.321. The maximum atomic E-state index is 12.8. The molecule has 0 saturated carbocycles. The Morgan fingerprint density at radius 3 is 2.30 bits per heavy atom. The van der Waals surface area contributed by atoms with Gasteiger partial charge >= 0.3 is 6.18 Å². The maximum absolute atomic E-state index is 12.8. The summed E-state index contributed by atoms with van der Waals surface area (Å²) in [6.45, 7) is 3.16. The molecule has 2 aromatic rings. The average Bonchev–Trinajstić information content (AvgIpc) is 2.72. The summed E-state index contributed by atoms with van der Waals surface area (Å²) in [7, 11) is 1.54. The van der Waals surface area contributed by atoms with Crippen LogP contribution in [0.15, 0.2) is 59.6 Å². The predicted octanol–water partition coefficient (Wildman–Crippen LogP) is 4.04. The first kappa shape index (κ1) is 25.7. The zero-order valence-corrected chi connectivity index (χ0v) is 19.2. The first-order valence-corrected chi connectivity index (χ1v) is 9.25. The molecule has 2 N–H and O–H groups in total. The van der Waals surface area contributed by atoms with Crippen LogP contribution < -0.4 is 10.6 Å². The second-order valence-electron chi connectivity index (χ2n) is 6.37. The standard InChI is InChI=1S/C21H25F3N4O.HI/c1-3-28(15-16-8-5-4-6-9-16)19(29)14-27-20(25-2)26-13-17-10-7-11-18(12-17)21(22,23)24;/h4-12H,3,13-15H2,1-2H3,(H2,25,26,27);1H. The minimum Gasteiger partial charge on any atom is -0.352 e. The minimum absolute atomic E-state index is 0. The van der Waals surface area contributed by atoms with Crippen molar-refractivity contribution < 1.29 is 18.0 Å². The van der Waals surface area contributed by atoms with Crippen LogP contribution in [-0.4, -0.2) is 36.9 Å². The van der Waals surface area contributed by atoms with E-state index in [-0.39, 0.29) is 43.0 Å². The Labute approximate surface area is 191 Å². The lowest BCUT2D eigenvalue weighted by Gasteiger charge is -2.22. The van der Waals surface area contributed by atoms with E-state index >= 15 is 0 Å². The molecule has 9 heteroatoms. The lowest BCUT2D eigenvalue weighted by molar-refractivity contribution is -0.137. The summed E-state index contributed by atoms with van der Waals surface area (Å²) in [5.41, 5.74) is 0.803. The van der Waals surface area contributed by atoms with E-state index in [1.54, 1.807) is 11.0 Å². The Morgan fingerprint density at radius 2 is 1.70 bits per heavy atom.